The zero-order valence-electron chi connectivity index (χ0n) is 19.8. The summed E-state index contributed by atoms with van der Waals surface area (Å²) in [7, 11) is 3.16. The summed E-state index contributed by atoms with van der Waals surface area (Å²) in [6.45, 7) is 2.87. The molecule has 4 rings (SSSR count). The van der Waals surface area contributed by atoms with Gasteiger partial charge in [0.2, 0.25) is 5.91 Å². The molecule has 0 spiro atoms. The maximum absolute atomic E-state index is 14.0. The van der Waals surface area contributed by atoms with Gasteiger partial charge in [0.25, 0.3) is 5.91 Å². The summed E-state index contributed by atoms with van der Waals surface area (Å²) in [6, 6.07) is 15.0. The zero-order chi connectivity index (χ0) is 23.4. The number of piperazine rings is 1. The molecule has 1 aliphatic heterocycles. The number of amides is 2. The van der Waals surface area contributed by atoms with E-state index in [1.54, 1.807) is 19.1 Å². The molecule has 2 amide bonds. The number of carbonyl (C=O) groups is 2. The summed E-state index contributed by atoms with van der Waals surface area (Å²) in [5, 5.41) is 0. The molecular weight excluding hydrogens is 416 g/mol. The normalized spacial score (nSPS) is 23.5. The lowest BCUT2D eigenvalue weighted by Gasteiger charge is -2.45. The van der Waals surface area contributed by atoms with Crippen molar-refractivity contribution in [3.8, 4) is 11.5 Å². The van der Waals surface area contributed by atoms with E-state index in [2.05, 4.69) is 6.92 Å². The van der Waals surface area contributed by atoms with E-state index in [1.807, 2.05) is 53.4 Å². The van der Waals surface area contributed by atoms with E-state index in [-0.39, 0.29) is 24.4 Å². The van der Waals surface area contributed by atoms with E-state index in [9.17, 15) is 9.59 Å². The number of methoxy groups -OCH3 is 2. The van der Waals surface area contributed by atoms with Crippen LogP contribution in [-0.4, -0.2) is 55.0 Å². The predicted molar refractivity (Wildman–Crippen MR) is 127 cm³/mol. The van der Waals surface area contributed by atoms with Gasteiger partial charge in [-0.3, -0.25) is 9.59 Å². The second-order valence-electron chi connectivity index (χ2n) is 9.19. The van der Waals surface area contributed by atoms with Gasteiger partial charge in [-0.25, -0.2) is 0 Å². The van der Waals surface area contributed by atoms with Gasteiger partial charge in [-0.05, 0) is 49.7 Å². The average molecular weight is 451 g/mol. The molecule has 1 saturated carbocycles. The van der Waals surface area contributed by atoms with Crippen molar-refractivity contribution < 1.29 is 19.1 Å². The van der Waals surface area contributed by atoms with Crippen LogP contribution in [-0.2, 0) is 16.0 Å². The standard InChI is InChI=1S/C27H34N2O4/c1-19-12-14-21(15-13-19)29-18-24(30)28(17-16-20-8-5-4-6-9-20)25(27(29)31)22-10-7-11-23(32-2)26(22)33-3/h4-11,19,21,25H,12-18H2,1-3H3/t19?,21?,25-/m1/s1. The van der Waals surface area contributed by atoms with Crippen LogP contribution in [0.15, 0.2) is 48.5 Å². The van der Waals surface area contributed by atoms with Gasteiger partial charge in [0.05, 0.1) is 14.2 Å². The molecule has 6 nitrogen and oxygen atoms in total. The summed E-state index contributed by atoms with van der Waals surface area (Å²) in [4.78, 5) is 31.0. The third-order valence-corrected chi connectivity index (χ3v) is 7.09. The van der Waals surface area contributed by atoms with Crippen LogP contribution in [0, 0.1) is 5.92 Å². The van der Waals surface area contributed by atoms with Crippen molar-refractivity contribution in [3.05, 3.63) is 59.7 Å². The van der Waals surface area contributed by atoms with Gasteiger partial charge < -0.3 is 19.3 Å². The highest BCUT2D eigenvalue weighted by Gasteiger charge is 2.44. The van der Waals surface area contributed by atoms with Gasteiger partial charge >= 0.3 is 0 Å². The Hall–Kier alpha value is -3.02. The quantitative estimate of drug-likeness (QED) is 0.633. The molecule has 0 aromatic heterocycles. The molecule has 2 aromatic carbocycles. The molecule has 2 fully saturated rings. The van der Waals surface area contributed by atoms with E-state index in [0.717, 1.165) is 31.2 Å². The number of carbonyl (C=O) groups excluding carboxylic acids is 2. The van der Waals surface area contributed by atoms with Gasteiger partial charge in [0.1, 0.15) is 12.6 Å². The van der Waals surface area contributed by atoms with Crippen molar-refractivity contribution in [1.82, 2.24) is 9.80 Å². The summed E-state index contributed by atoms with van der Waals surface area (Å²) in [5.41, 5.74) is 1.81. The predicted octanol–water partition coefficient (Wildman–Crippen LogP) is 4.24. The van der Waals surface area contributed by atoms with E-state index in [4.69, 9.17) is 9.47 Å². The third kappa shape index (κ3) is 4.85. The lowest BCUT2D eigenvalue weighted by atomic mass is 9.85. The Balaban J connectivity index is 1.68. The van der Waals surface area contributed by atoms with Crippen LogP contribution in [0.1, 0.15) is 49.8 Å². The molecule has 0 unspecified atom stereocenters. The molecule has 0 bridgehead atoms. The second kappa shape index (κ2) is 10.3. The average Bonchev–Trinajstić information content (AvgIpc) is 2.85. The van der Waals surface area contributed by atoms with Crippen molar-refractivity contribution in [3.63, 3.8) is 0 Å². The molecule has 1 saturated heterocycles. The van der Waals surface area contributed by atoms with Crippen molar-refractivity contribution >= 4 is 11.8 Å². The fourth-order valence-corrected chi connectivity index (χ4v) is 5.19. The fraction of sp³-hybridized carbons (Fsp3) is 0.481. The van der Waals surface area contributed by atoms with Crippen molar-refractivity contribution in [2.45, 2.75) is 51.1 Å². The first-order valence-corrected chi connectivity index (χ1v) is 11.9. The largest absolute Gasteiger partial charge is 0.493 e. The Morgan fingerprint density at radius 1 is 0.909 bits per heavy atom. The minimum Gasteiger partial charge on any atom is -0.493 e. The Kier molecular flexibility index (Phi) is 7.21. The maximum atomic E-state index is 14.0. The van der Waals surface area contributed by atoms with Gasteiger partial charge in [0, 0.05) is 18.2 Å². The molecule has 1 aliphatic carbocycles. The highest BCUT2D eigenvalue weighted by molar-refractivity contribution is 5.96. The summed E-state index contributed by atoms with van der Waals surface area (Å²) in [6.07, 6.45) is 4.77. The molecule has 176 valence electrons. The monoisotopic (exact) mass is 450 g/mol. The molecule has 1 heterocycles. The minimum atomic E-state index is -0.723. The van der Waals surface area contributed by atoms with Crippen molar-refractivity contribution in [2.75, 3.05) is 27.3 Å². The van der Waals surface area contributed by atoms with E-state index >= 15 is 0 Å². The number of nitrogens with zero attached hydrogens (tertiary/aromatic N) is 2. The van der Waals surface area contributed by atoms with Crippen molar-refractivity contribution in [2.24, 2.45) is 5.92 Å². The highest BCUT2D eigenvalue weighted by Crippen LogP contribution is 2.40. The van der Waals surface area contributed by atoms with Gasteiger partial charge in [-0.1, -0.05) is 49.4 Å². The number of para-hydroxylation sites is 1. The smallest absolute Gasteiger partial charge is 0.250 e. The number of benzene rings is 2. The minimum absolute atomic E-state index is 0.0148. The van der Waals surface area contributed by atoms with Gasteiger partial charge in [-0.2, -0.15) is 0 Å². The topological polar surface area (TPSA) is 59.1 Å². The molecule has 6 heteroatoms. The molecule has 0 N–H and O–H groups in total. The number of hydrogen-bond donors (Lipinski definition) is 0. The number of hydrogen-bond acceptors (Lipinski definition) is 4. The van der Waals surface area contributed by atoms with Crippen LogP contribution in [0.4, 0.5) is 0 Å². The zero-order valence-corrected chi connectivity index (χ0v) is 19.8. The molecule has 2 aromatic rings. The second-order valence-corrected chi connectivity index (χ2v) is 9.19. The summed E-state index contributed by atoms with van der Waals surface area (Å²) >= 11 is 0. The third-order valence-electron chi connectivity index (χ3n) is 7.09. The Bertz CT molecular complexity index is 969. The van der Waals surface area contributed by atoms with Gasteiger partial charge in [-0.15, -0.1) is 0 Å². The van der Waals surface area contributed by atoms with E-state index in [0.29, 0.717) is 35.9 Å². The maximum Gasteiger partial charge on any atom is 0.250 e. The van der Waals surface area contributed by atoms with Crippen LogP contribution in [0.25, 0.3) is 0 Å². The lowest BCUT2D eigenvalue weighted by Crippen LogP contribution is -2.59. The number of rotatable bonds is 7. The molecule has 1 atom stereocenters. The summed E-state index contributed by atoms with van der Waals surface area (Å²) in [5.74, 6) is 1.71. The van der Waals surface area contributed by atoms with Gasteiger partial charge in [0.15, 0.2) is 11.5 Å². The Morgan fingerprint density at radius 2 is 1.64 bits per heavy atom. The van der Waals surface area contributed by atoms with E-state index < -0.39 is 6.04 Å². The molecular formula is C27H34N2O4. The molecule has 33 heavy (non-hydrogen) atoms. The molecule has 2 aliphatic rings. The van der Waals surface area contributed by atoms with Crippen LogP contribution in [0.3, 0.4) is 0 Å². The van der Waals surface area contributed by atoms with Crippen LogP contribution < -0.4 is 9.47 Å². The molecule has 0 radical (unpaired) electrons. The Labute approximate surface area is 196 Å². The first-order valence-electron chi connectivity index (χ1n) is 11.9. The van der Waals surface area contributed by atoms with Crippen molar-refractivity contribution in [1.29, 1.82) is 0 Å². The fourth-order valence-electron chi connectivity index (χ4n) is 5.19. The first kappa shape index (κ1) is 23.1. The first-order chi connectivity index (χ1) is 16.0. The van der Waals surface area contributed by atoms with E-state index in [1.165, 1.54) is 0 Å². The Morgan fingerprint density at radius 3 is 2.30 bits per heavy atom. The highest BCUT2D eigenvalue weighted by atomic mass is 16.5. The number of ether oxygens (including phenoxy) is 2. The van der Waals surface area contributed by atoms with Crippen LogP contribution in [0.2, 0.25) is 0 Å². The van der Waals surface area contributed by atoms with Crippen LogP contribution >= 0.6 is 0 Å². The lowest BCUT2D eigenvalue weighted by molar-refractivity contribution is -0.159. The van der Waals surface area contributed by atoms with Crippen LogP contribution in [0.5, 0.6) is 11.5 Å². The SMILES string of the molecule is COc1cccc([C@@H]2C(=O)N(C3CCC(C)CC3)CC(=O)N2CCc2ccccc2)c1OC. The summed E-state index contributed by atoms with van der Waals surface area (Å²) < 4.78 is 11.2.